The first kappa shape index (κ1) is 10.4. The molecule has 1 aliphatic heterocycles. The van der Waals surface area contributed by atoms with Crippen molar-refractivity contribution in [3.63, 3.8) is 0 Å². The molecule has 0 unspecified atom stereocenters. The summed E-state index contributed by atoms with van der Waals surface area (Å²) in [5.74, 6) is 0. The molecule has 0 amide bonds. The summed E-state index contributed by atoms with van der Waals surface area (Å²) in [6.07, 6.45) is 3.01. The Kier molecular flexibility index (Phi) is 2.13. The molecule has 3 heterocycles. The van der Waals surface area contributed by atoms with E-state index in [2.05, 4.69) is 15.3 Å². The van der Waals surface area contributed by atoms with Crippen molar-refractivity contribution in [3.05, 3.63) is 40.7 Å². The van der Waals surface area contributed by atoms with Gasteiger partial charge in [0.25, 0.3) is 0 Å². The predicted octanol–water partition coefficient (Wildman–Crippen LogP) is 3.02. The number of aromatic amines is 1. The van der Waals surface area contributed by atoms with Gasteiger partial charge in [-0.2, -0.15) is 0 Å². The average Bonchev–Trinajstić information content (AvgIpc) is 2.77. The third-order valence-corrected chi connectivity index (χ3v) is 3.89. The van der Waals surface area contributed by atoms with Crippen LogP contribution < -0.4 is 5.32 Å². The Morgan fingerprint density at radius 2 is 2.17 bits per heavy atom. The van der Waals surface area contributed by atoms with Crippen molar-refractivity contribution in [2.75, 3.05) is 6.54 Å². The zero-order valence-electron chi connectivity index (χ0n) is 9.76. The molecule has 1 aliphatic rings. The number of aromatic nitrogens is 2. The van der Waals surface area contributed by atoms with Gasteiger partial charge in [-0.1, -0.05) is 11.6 Å². The molecule has 4 heteroatoms. The molecule has 2 aromatic heterocycles. The zero-order valence-corrected chi connectivity index (χ0v) is 10.5. The minimum Gasteiger partial charge on any atom is -0.357 e. The lowest BCUT2D eigenvalue weighted by Crippen LogP contribution is -2.22. The number of hydrogen-bond donors (Lipinski definition) is 2. The largest absolute Gasteiger partial charge is 0.357 e. The smallest absolute Gasteiger partial charge is 0.0738 e. The lowest BCUT2D eigenvalue weighted by atomic mass is 10.1. The van der Waals surface area contributed by atoms with Gasteiger partial charge in [-0.15, -0.1) is 0 Å². The Bertz CT molecular complexity index is 760. The van der Waals surface area contributed by atoms with Gasteiger partial charge >= 0.3 is 0 Å². The van der Waals surface area contributed by atoms with Crippen LogP contribution in [0.1, 0.15) is 11.3 Å². The molecular weight excluding hydrogens is 246 g/mol. The second-order valence-electron chi connectivity index (χ2n) is 4.72. The summed E-state index contributed by atoms with van der Waals surface area (Å²) in [6.45, 7) is 1.97. The first-order valence-electron chi connectivity index (χ1n) is 6.11. The van der Waals surface area contributed by atoms with Crippen molar-refractivity contribution in [3.8, 4) is 0 Å². The molecule has 90 valence electrons. The molecule has 0 saturated heterocycles. The number of nitrogens with one attached hydrogen (secondary N) is 2. The standard InChI is InChI=1S/C14H12ClN3/c15-8-1-2-9-13(5-8)17-7-11-10-6-16-4-3-12(10)18-14(9)11/h1-2,5,7,16,18H,3-4,6H2. The van der Waals surface area contributed by atoms with Crippen molar-refractivity contribution < 1.29 is 0 Å². The van der Waals surface area contributed by atoms with Crippen molar-refractivity contribution in [1.29, 1.82) is 0 Å². The molecule has 0 bridgehead atoms. The molecule has 3 nitrogen and oxygen atoms in total. The third kappa shape index (κ3) is 1.38. The summed E-state index contributed by atoms with van der Waals surface area (Å²) in [4.78, 5) is 8.07. The van der Waals surface area contributed by atoms with Crippen LogP contribution in [0.15, 0.2) is 24.4 Å². The van der Waals surface area contributed by atoms with Crippen LogP contribution >= 0.6 is 11.6 Å². The highest BCUT2D eigenvalue weighted by Crippen LogP contribution is 2.30. The predicted molar refractivity (Wildman–Crippen MR) is 74.0 cm³/mol. The molecule has 18 heavy (non-hydrogen) atoms. The molecule has 1 aromatic carbocycles. The Labute approximate surface area is 109 Å². The molecule has 2 N–H and O–H groups in total. The summed E-state index contributed by atoms with van der Waals surface area (Å²) in [5, 5.41) is 6.51. The fourth-order valence-electron chi connectivity index (χ4n) is 2.76. The molecule has 3 aromatic rings. The van der Waals surface area contributed by atoms with E-state index in [0.29, 0.717) is 0 Å². The van der Waals surface area contributed by atoms with Gasteiger partial charge in [0, 0.05) is 47.2 Å². The van der Waals surface area contributed by atoms with Gasteiger partial charge in [-0.25, -0.2) is 0 Å². The summed E-state index contributed by atoms with van der Waals surface area (Å²) in [5.41, 5.74) is 4.83. The lowest BCUT2D eigenvalue weighted by Gasteiger charge is -2.12. The van der Waals surface area contributed by atoms with E-state index >= 15 is 0 Å². The Hall–Kier alpha value is -1.58. The van der Waals surface area contributed by atoms with Gasteiger partial charge in [0.05, 0.1) is 11.0 Å². The van der Waals surface area contributed by atoms with Crippen molar-refractivity contribution in [2.24, 2.45) is 0 Å². The fourth-order valence-corrected chi connectivity index (χ4v) is 2.93. The molecule has 0 atom stereocenters. The van der Waals surface area contributed by atoms with Gasteiger partial charge in [-0.3, -0.25) is 4.98 Å². The van der Waals surface area contributed by atoms with E-state index in [4.69, 9.17) is 11.6 Å². The quantitative estimate of drug-likeness (QED) is 0.650. The highest BCUT2D eigenvalue weighted by Gasteiger charge is 2.16. The molecule has 4 rings (SSSR count). The number of fused-ring (bicyclic) bond motifs is 5. The Morgan fingerprint density at radius 3 is 3.11 bits per heavy atom. The number of nitrogens with zero attached hydrogens (tertiary/aromatic N) is 1. The number of hydrogen-bond acceptors (Lipinski definition) is 2. The topological polar surface area (TPSA) is 40.7 Å². The molecule has 0 radical (unpaired) electrons. The van der Waals surface area contributed by atoms with Gasteiger partial charge < -0.3 is 10.3 Å². The van der Waals surface area contributed by atoms with Crippen LogP contribution in [0.5, 0.6) is 0 Å². The number of halogens is 1. The zero-order chi connectivity index (χ0) is 12.1. The van der Waals surface area contributed by atoms with E-state index in [1.165, 1.54) is 22.2 Å². The van der Waals surface area contributed by atoms with E-state index in [1.807, 2.05) is 24.4 Å². The van der Waals surface area contributed by atoms with Crippen LogP contribution in [0.2, 0.25) is 5.02 Å². The minimum absolute atomic E-state index is 0.729. The summed E-state index contributed by atoms with van der Waals surface area (Å²) in [7, 11) is 0. The normalized spacial score (nSPS) is 15.2. The number of benzene rings is 1. The first-order chi connectivity index (χ1) is 8.83. The van der Waals surface area contributed by atoms with E-state index in [9.17, 15) is 0 Å². The SMILES string of the molecule is Clc1ccc2c(c1)ncc1c3c([nH]c12)CCNC3. The van der Waals surface area contributed by atoms with Crippen LogP contribution in [0.4, 0.5) is 0 Å². The Morgan fingerprint density at radius 1 is 1.22 bits per heavy atom. The molecule has 0 aliphatic carbocycles. The van der Waals surface area contributed by atoms with Crippen LogP contribution in [-0.2, 0) is 13.0 Å². The highest BCUT2D eigenvalue weighted by molar-refractivity contribution is 6.31. The number of H-pyrrole nitrogens is 1. The van der Waals surface area contributed by atoms with Crippen LogP contribution in [0.3, 0.4) is 0 Å². The second-order valence-corrected chi connectivity index (χ2v) is 5.15. The van der Waals surface area contributed by atoms with Crippen LogP contribution in [-0.4, -0.2) is 16.5 Å². The molecule has 0 fully saturated rings. The molecule has 0 saturated carbocycles. The lowest BCUT2D eigenvalue weighted by molar-refractivity contribution is 0.641. The minimum atomic E-state index is 0.729. The number of rotatable bonds is 0. The first-order valence-corrected chi connectivity index (χ1v) is 6.49. The maximum Gasteiger partial charge on any atom is 0.0738 e. The third-order valence-electron chi connectivity index (χ3n) is 3.65. The van der Waals surface area contributed by atoms with Crippen molar-refractivity contribution in [1.82, 2.24) is 15.3 Å². The molecular formula is C14H12ClN3. The highest BCUT2D eigenvalue weighted by atomic mass is 35.5. The average molecular weight is 258 g/mol. The van der Waals surface area contributed by atoms with E-state index in [0.717, 1.165) is 35.4 Å². The van der Waals surface area contributed by atoms with Gasteiger partial charge in [-0.05, 0) is 23.8 Å². The van der Waals surface area contributed by atoms with E-state index in [1.54, 1.807) is 0 Å². The maximum atomic E-state index is 6.01. The van der Waals surface area contributed by atoms with Crippen LogP contribution in [0, 0.1) is 0 Å². The van der Waals surface area contributed by atoms with Gasteiger partial charge in [0.2, 0.25) is 0 Å². The monoisotopic (exact) mass is 257 g/mol. The Balaban J connectivity index is 2.13. The van der Waals surface area contributed by atoms with Crippen LogP contribution in [0.25, 0.3) is 21.8 Å². The maximum absolute atomic E-state index is 6.01. The van der Waals surface area contributed by atoms with Gasteiger partial charge in [0.15, 0.2) is 0 Å². The van der Waals surface area contributed by atoms with Crippen molar-refractivity contribution in [2.45, 2.75) is 13.0 Å². The summed E-state index contributed by atoms with van der Waals surface area (Å²) in [6, 6.07) is 5.87. The van der Waals surface area contributed by atoms with Crippen molar-refractivity contribution >= 4 is 33.4 Å². The molecule has 0 spiro atoms. The number of pyridine rings is 1. The van der Waals surface area contributed by atoms with E-state index in [-0.39, 0.29) is 0 Å². The second kappa shape index (κ2) is 3.70. The summed E-state index contributed by atoms with van der Waals surface area (Å²) >= 11 is 6.01. The fraction of sp³-hybridized carbons (Fsp3) is 0.214. The van der Waals surface area contributed by atoms with E-state index < -0.39 is 0 Å². The summed E-state index contributed by atoms with van der Waals surface area (Å²) < 4.78 is 0. The van der Waals surface area contributed by atoms with Gasteiger partial charge in [0.1, 0.15) is 0 Å².